The van der Waals surface area contributed by atoms with Crippen LogP contribution in [0.3, 0.4) is 0 Å². The second-order valence-corrected chi connectivity index (χ2v) is 6.64. The van der Waals surface area contributed by atoms with Crippen LogP contribution in [0.1, 0.15) is 41.9 Å². The van der Waals surface area contributed by atoms with Crippen molar-refractivity contribution in [3.05, 3.63) is 41.2 Å². The number of amides is 1. The van der Waals surface area contributed by atoms with E-state index < -0.39 is 11.7 Å². The van der Waals surface area contributed by atoms with Crippen molar-refractivity contribution >= 4 is 5.91 Å². The van der Waals surface area contributed by atoms with Crippen molar-refractivity contribution in [2.75, 3.05) is 20.2 Å². The topological polar surface area (TPSA) is 81.1 Å². The lowest BCUT2D eigenvalue weighted by molar-refractivity contribution is 0.0918. The van der Waals surface area contributed by atoms with Gasteiger partial charge in [0.25, 0.3) is 5.91 Å². The maximum absolute atomic E-state index is 13.9. The lowest BCUT2D eigenvalue weighted by atomic mass is 10.0. The first-order valence-corrected chi connectivity index (χ1v) is 8.79. The van der Waals surface area contributed by atoms with E-state index in [9.17, 15) is 9.18 Å². The number of para-hydroxylation sites is 1. The summed E-state index contributed by atoms with van der Waals surface area (Å²) < 4.78 is 21.0. The highest BCUT2D eigenvalue weighted by Gasteiger charge is 2.28. The normalized spacial score (nSPS) is 15.3. The molecule has 8 heteroatoms. The molecule has 26 heavy (non-hydrogen) atoms. The first kappa shape index (κ1) is 18.3. The van der Waals surface area contributed by atoms with Crippen LogP contribution in [-0.4, -0.2) is 40.9 Å². The second kappa shape index (κ2) is 7.82. The van der Waals surface area contributed by atoms with Crippen LogP contribution < -0.4 is 15.4 Å². The molecule has 2 heterocycles. The van der Waals surface area contributed by atoms with Gasteiger partial charge >= 0.3 is 0 Å². The molecule has 140 valence electrons. The minimum atomic E-state index is -0.566. The smallest absolute Gasteiger partial charge is 0.255 e. The first-order valence-electron chi connectivity index (χ1n) is 8.79. The van der Waals surface area contributed by atoms with Gasteiger partial charge in [0.1, 0.15) is 5.82 Å². The fourth-order valence-corrected chi connectivity index (χ4v) is 3.17. The highest BCUT2D eigenvalue weighted by molar-refractivity contribution is 5.97. The van der Waals surface area contributed by atoms with Crippen molar-refractivity contribution in [3.8, 4) is 5.75 Å². The number of nitrogens with zero attached hydrogens (tertiary/aromatic N) is 3. The van der Waals surface area contributed by atoms with E-state index >= 15 is 0 Å². The quantitative estimate of drug-likeness (QED) is 0.847. The number of methoxy groups -OCH3 is 1. The summed E-state index contributed by atoms with van der Waals surface area (Å²) in [6.07, 6.45) is 0.795. The van der Waals surface area contributed by atoms with Crippen molar-refractivity contribution in [2.24, 2.45) is 5.92 Å². The minimum Gasteiger partial charge on any atom is -0.493 e. The predicted octanol–water partition coefficient (Wildman–Crippen LogP) is 1.70. The van der Waals surface area contributed by atoms with E-state index in [0.29, 0.717) is 0 Å². The standard InChI is InChI=1S/C18H24FN5O2/c1-11(2)15(17-23-22-14-7-8-20-9-10-24(14)17)21-18(25)12-5-4-6-13(19)16(12)26-3/h4-6,11,15,20H,7-10H2,1-3H3,(H,21,25)/t15-/m1/s1. The molecule has 3 rings (SSSR count). The lowest BCUT2D eigenvalue weighted by Crippen LogP contribution is -2.34. The zero-order chi connectivity index (χ0) is 18.7. The van der Waals surface area contributed by atoms with Crippen molar-refractivity contribution in [3.63, 3.8) is 0 Å². The summed E-state index contributed by atoms with van der Waals surface area (Å²) >= 11 is 0. The summed E-state index contributed by atoms with van der Waals surface area (Å²) in [4.78, 5) is 12.8. The van der Waals surface area contributed by atoms with Crippen LogP contribution in [0, 0.1) is 11.7 Å². The van der Waals surface area contributed by atoms with Gasteiger partial charge < -0.3 is 19.9 Å². The molecule has 0 aliphatic carbocycles. The largest absolute Gasteiger partial charge is 0.493 e. The Morgan fingerprint density at radius 1 is 1.35 bits per heavy atom. The molecule has 2 aromatic rings. The number of ether oxygens (including phenoxy) is 1. The summed E-state index contributed by atoms with van der Waals surface area (Å²) in [5.41, 5.74) is 0.162. The van der Waals surface area contributed by atoms with E-state index in [2.05, 4.69) is 25.4 Å². The molecule has 0 saturated carbocycles. The molecule has 0 radical (unpaired) electrons. The Morgan fingerprint density at radius 2 is 2.15 bits per heavy atom. The summed E-state index contributed by atoms with van der Waals surface area (Å²) in [6, 6.07) is 3.96. The van der Waals surface area contributed by atoms with E-state index in [0.717, 1.165) is 37.7 Å². The number of aromatic nitrogens is 3. The second-order valence-electron chi connectivity index (χ2n) is 6.64. The number of fused-ring (bicyclic) bond motifs is 1. The number of rotatable bonds is 5. The number of hydrogen-bond acceptors (Lipinski definition) is 5. The number of benzene rings is 1. The van der Waals surface area contributed by atoms with Gasteiger partial charge in [-0.1, -0.05) is 19.9 Å². The van der Waals surface area contributed by atoms with Gasteiger partial charge in [0.15, 0.2) is 17.4 Å². The van der Waals surface area contributed by atoms with Crippen LogP contribution in [0.25, 0.3) is 0 Å². The summed E-state index contributed by atoms with van der Waals surface area (Å²) in [5.74, 6) is 0.697. The van der Waals surface area contributed by atoms with Crippen molar-refractivity contribution in [2.45, 2.75) is 32.9 Å². The average Bonchev–Trinajstić information content (AvgIpc) is 2.86. The van der Waals surface area contributed by atoms with Gasteiger partial charge in [-0.3, -0.25) is 4.79 Å². The molecule has 1 amide bonds. The molecule has 0 bridgehead atoms. The van der Waals surface area contributed by atoms with Crippen LogP contribution in [0.4, 0.5) is 4.39 Å². The molecule has 1 aliphatic heterocycles. The zero-order valence-electron chi connectivity index (χ0n) is 15.3. The predicted molar refractivity (Wildman–Crippen MR) is 94.6 cm³/mol. The molecule has 1 atom stereocenters. The highest BCUT2D eigenvalue weighted by Crippen LogP contribution is 2.26. The monoisotopic (exact) mass is 361 g/mol. The molecule has 0 fully saturated rings. The SMILES string of the molecule is COc1c(F)cccc1C(=O)N[C@@H](c1nnc2n1CCNCC2)C(C)C. The Kier molecular flexibility index (Phi) is 5.51. The van der Waals surface area contributed by atoms with E-state index in [4.69, 9.17) is 4.74 Å². The van der Waals surface area contributed by atoms with Gasteiger partial charge in [-0.15, -0.1) is 10.2 Å². The van der Waals surface area contributed by atoms with Crippen LogP contribution in [0.5, 0.6) is 5.75 Å². The van der Waals surface area contributed by atoms with Crippen molar-refractivity contribution < 1.29 is 13.9 Å². The van der Waals surface area contributed by atoms with E-state index in [1.54, 1.807) is 6.07 Å². The summed E-state index contributed by atoms with van der Waals surface area (Å²) in [6.45, 7) is 6.45. The van der Waals surface area contributed by atoms with Crippen LogP contribution in [0.2, 0.25) is 0 Å². The van der Waals surface area contributed by atoms with Crippen molar-refractivity contribution in [1.82, 2.24) is 25.4 Å². The third-order valence-electron chi connectivity index (χ3n) is 4.54. The van der Waals surface area contributed by atoms with Gasteiger partial charge in [-0.25, -0.2) is 4.39 Å². The van der Waals surface area contributed by atoms with Gasteiger partial charge in [0, 0.05) is 26.1 Å². The molecule has 1 aromatic carbocycles. The van der Waals surface area contributed by atoms with Gasteiger partial charge in [0.05, 0.1) is 18.7 Å². The maximum Gasteiger partial charge on any atom is 0.255 e. The number of nitrogens with one attached hydrogen (secondary N) is 2. The van der Waals surface area contributed by atoms with E-state index in [1.807, 2.05) is 13.8 Å². The lowest BCUT2D eigenvalue weighted by Gasteiger charge is -2.23. The van der Waals surface area contributed by atoms with Gasteiger partial charge in [-0.2, -0.15) is 0 Å². The Morgan fingerprint density at radius 3 is 2.88 bits per heavy atom. The van der Waals surface area contributed by atoms with Gasteiger partial charge in [-0.05, 0) is 18.1 Å². The van der Waals surface area contributed by atoms with E-state index in [-0.39, 0.29) is 23.3 Å². The average molecular weight is 361 g/mol. The zero-order valence-corrected chi connectivity index (χ0v) is 15.3. The maximum atomic E-state index is 13.9. The minimum absolute atomic E-state index is 0.0585. The molecule has 1 aromatic heterocycles. The van der Waals surface area contributed by atoms with Crippen LogP contribution >= 0.6 is 0 Å². The number of hydrogen-bond donors (Lipinski definition) is 2. The molecule has 0 saturated heterocycles. The number of carbonyl (C=O) groups is 1. The Labute approximate surface area is 151 Å². The van der Waals surface area contributed by atoms with Crippen LogP contribution in [0.15, 0.2) is 18.2 Å². The van der Waals surface area contributed by atoms with E-state index in [1.165, 1.54) is 19.2 Å². The molecule has 7 nitrogen and oxygen atoms in total. The van der Waals surface area contributed by atoms with Crippen LogP contribution in [-0.2, 0) is 13.0 Å². The summed E-state index contributed by atoms with van der Waals surface area (Å²) in [5, 5.41) is 14.9. The van der Waals surface area contributed by atoms with Crippen molar-refractivity contribution in [1.29, 1.82) is 0 Å². The third-order valence-corrected chi connectivity index (χ3v) is 4.54. The fraction of sp³-hybridized carbons (Fsp3) is 0.500. The Bertz CT molecular complexity index is 790. The summed E-state index contributed by atoms with van der Waals surface area (Å²) in [7, 11) is 1.35. The molecule has 0 unspecified atom stereocenters. The Hall–Kier alpha value is -2.48. The third kappa shape index (κ3) is 3.55. The highest BCUT2D eigenvalue weighted by atomic mass is 19.1. The molecule has 1 aliphatic rings. The van der Waals surface area contributed by atoms with Gasteiger partial charge in [0.2, 0.25) is 0 Å². The Balaban J connectivity index is 1.90. The molecule has 2 N–H and O–H groups in total. The molecular formula is C18H24FN5O2. The fourth-order valence-electron chi connectivity index (χ4n) is 3.17. The number of carbonyl (C=O) groups excluding carboxylic acids is 1. The molecular weight excluding hydrogens is 337 g/mol. The number of halogens is 1. The first-order chi connectivity index (χ1) is 12.5. The molecule has 0 spiro atoms.